The quantitative estimate of drug-likeness (QED) is 0.665. The molecular weight excluding hydrogens is 348 g/mol. The molecule has 0 unspecified atom stereocenters. The van der Waals surface area contributed by atoms with Crippen molar-refractivity contribution in [1.82, 2.24) is 19.7 Å². The number of nitrogens with two attached hydrogens (primary N) is 1. The molecule has 3 aromatic heterocycles. The average molecular weight is 379 g/mol. The number of nitrogens with zero attached hydrogens (tertiary/aromatic N) is 5. The lowest BCUT2D eigenvalue weighted by Gasteiger charge is -2.31. The molecule has 0 amide bonds. The van der Waals surface area contributed by atoms with Crippen LogP contribution < -0.4 is 10.6 Å². The van der Waals surface area contributed by atoms with Gasteiger partial charge in [-0.2, -0.15) is 5.10 Å². The van der Waals surface area contributed by atoms with Gasteiger partial charge in [-0.1, -0.05) is 6.42 Å². The summed E-state index contributed by atoms with van der Waals surface area (Å²) in [4.78, 5) is 11.6. The normalized spacial score (nSPS) is 13.9. The van der Waals surface area contributed by atoms with Gasteiger partial charge in [-0.15, -0.1) is 0 Å². The molecule has 1 aliphatic rings. The number of rotatable bonds is 6. The fourth-order valence-corrected chi connectivity index (χ4v) is 4.29. The minimum Gasteiger partial charge on any atom is -0.366 e. The van der Waals surface area contributed by atoms with Gasteiger partial charge in [-0.3, -0.25) is 14.6 Å². The van der Waals surface area contributed by atoms with Crippen molar-refractivity contribution in [2.24, 2.45) is 5.73 Å². The number of pyridine rings is 2. The molecule has 148 valence electrons. The molecule has 6 nitrogen and oxygen atoms in total. The molecule has 0 radical (unpaired) electrons. The molecule has 0 aromatic carbocycles. The number of hydrogen-bond acceptors (Lipinski definition) is 5. The molecule has 0 saturated carbocycles. The fraction of sp³-hybridized carbons (Fsp3) is 0.500. The Kier molecular flexibility index (Phi) is 5.31. The van der Waals surface area contributed by atoms with Crippen LogP contribution in [-0.2, 0) is 19.5 Å². The van der Waals surface area contributed by atoms with E-state index in [0.29, 0.717) is 0 Å². The maximum Gasteiger partial charge on any atom is 0.0938 e. The summed E-state index contributed by atoms with van der Waals surface area (Å²) in [5, 5.41) is 6.04. The Morgan fingerprint density at radius 2 is 1.96 bits per heavy atom. The summed E-state index contributed by atoms with van der Waals surface area (Å²) in [7, 11) is 0. The Labute approximate surface area is 166 Å². The van der Waals surface area contributed by atoms with Crippen LogP contribution in [0.25, 0.3) is 10.9 Å². The van der Waals surface area contributed by atoms with Gasteiger partial charge >= 0.3 is 0 Å². The first kappa shape index (κ1) is 18.9. The summed E-state index contributed by atoms with van der Waals surface area (Å²) in [5.41, 5.74) is 13.9. The zero-order valence-electron chi connectivity index (χ0n) is 17.2. The summed E-state index contributed by atoms with van der Waals surface area (Å²) in [6.45, 7) is 9.92. The molecule has 1 aliphatic heterocycles. The third-order valence-corrected chi connectivity index (χ3v) is 5.77. The number of fused-ring (bicyclic) bond motifs is 2. The van der Waals surface area contributed by atoms with Gasteiger partial charge in [0.1, 0.15) is 0 Å². The predicted octanol–water partition coefficient (Wildman–Crippen LogP) is 3.44. The number of hydrogen-bond donors (Lipinski definition) is 1. The molecule has 6 heteroatoms. The van der Waals surface area contributed by atoms with E-state index in [9.17, 15) is 0 Å². The van der Waals surface area contributed by atoms with Gasteiger partial charge < -0.3 is 10.6 Å². The van der Waals surface area contributed by atoms with Crippen LogP contribution in [0.1, 0.15) is 47.6 Å². The van der Waals surface area contributed by atoms with Crippen molar-refractivity contribution in [3.8, 4) is 0 Å². The van der Waals surface area contributed by atoms with Gasteiger partial charge in [-0.05, 0) is 52.3 Å². The first-order chi connectivity index (χ1) is 13.6. The lowest BCUT2D eigenvalue weighted by atomic mass is 10.0. The lowest BCUT2D eigenvalue weighted by Crippen LogP contribution is -2.31. The average Bonchev–Trinajstić information content (AvgIpc) is 3.01. The summed E-state index contributed by atoms with van der Waals surface area (Å²) < 4.78 is 2.24. The van der Waals surface area contributed by atoms with Gasteiger partial charge in [0, 0.05) is 60.3 Å². The van der Waals surface area contributed by atoms with E-state index in [1.165, 1.54) is 28.8 Å². The second kappa shape index (κ2) is 7.87. The van der Waals surface area contributed by atoms with E-state index in [2.05, 4.69) is 40.5 Å². The molecule has 0 aliphatic carbocycles. The molecule has 0 saturated heterocycles. The smallest absolute Gasteiger partial charge is 0.0938 e. The lowest BCUT2D eigenvalue weighted by molar-refractivity contribution is 0.520. The van der Waals surface area contributed by atoms with Gasteiger partial charge in [0.25, 0.3) is 0 Å². The monoisotopic (exact) mass is 378 g/mol. The molecule has 4 heterocycles. The van der Waals surface area contributed by atoms with Crippen LogP contribution in [0.3, 0.4) is 0 Å². The Morgan fingerprint density at radius 1 is 1.11 bits per heavy atom. The third kappa shape index (κ3) is 3.49. The van der Waals surface area contributed by atoms with E-state index in [4.69, 9.17) is 15.8 Å². The van der Waals surface area contributed by atoms with E-state index in [1.807, 2.05) is 13.1 Å². The van der Waals surface area contributed by atoms with Gasteiger partial charge in [-0.25, -0.2) is 0 Å². The molecule has 0 atom stereocenters. The molecule has 4 rings (SSSR count). The van der Waals surface area contributed by atoms with Crippen LogP contribution in [0.2, 0.25) is 0 Å². The number of unbranched alkanes of at least 4 members (excludes halogenated alkanes) is 2. The van der Waals surface area contributed by atoms with Gasteiger partial charge in [0.05, 0.1) is 16.9 Å². The highest BCUT2D eigenvalue weighted by atomic mass is 15.3. The largest absolute Gasteiger partial charge is 0.366 e. The SMILES string of the molecule is Cc1cc(N2CCc3c(c(C)nn3CCCCCN)C2)c2ccnc(C)c2n1. The van der Waals surface area contributed by atoms with Crippen LogP contribution in [0, 0.1) is 20.8 Å². The Morgan fingerprint density at radius 3 is 2.79 bits per heavy atom. The van der Waals surface area contributed by atoms with Gasteiger partial charge in [0.15, 0.2) is 0 Å². The Hall–Kier alpha value is -2.47. The number of anilines is 1. The van der Waals surface area contributed by atoms with E-state index < -0.39 is 0 Å². The fourth-order valence-electron chi connectivity index (χ4n) is 4.29. The highest BCUT2D eigenvalue weighted by Crippen LogP contribution is 2.32. The maximum absolute atomic E-state index is 5.62. The van der Waals surface area contributed by atoms with Crippen LogP contribution in [-0.4, -0.2) is 32.8 Å². The van der Waals surface area contributed by atoms with Crippen molar-refractivity contribution in [2.75, 3.05) is 18.0 Å². The summed E-state index contributed by atoms with van der Waals surface area (Å²) in [6.07, 6.45) is 6.33. The van der Waals surface area contributed by atoms with Crippen molar-refractivity contribution in [1.29, 1.82) is 0 Å². The molecule has 0 spiro atoms. The maximum atomic E-state index is 5.62. The summed E-state index contributed by atoms with van der Waals surface area (Å²) in [5.74, 6) is 0. The predicted molar refractivity (Wildman–Crippen MR) is 114 cm³/mol. The van der Waals surface area contributed by atoms with Crippen LogP contribution in [0.5, 0.6) is 0 Å². The van der Waals surface area contributed by atoms with E-state index >= 15 is 0 Å². The highest BCUT2D eigenvalue weighted by Gasteiger charge is 2.24. The minimum absolute atomic E-state index is 0.777. The molecule has 28 heavy (non-hydrogen) atoms. The zero-order valence-corrected chi connectivity index (χ0v) is 17.2. The topological polar surface area (TPSA) is 72.9 Å². The molecule has 0 fully saturated rings. The van der Waals surface area contributed by atoms with Crippen molar-refractivity contribution in [3.05, 3.63) is 46.7 Å². The summed E-state index contributed by atoms with van der Waals surface area (Å²) in [6, 6.07) is 4.30. The summed E-state index contributed by atoms with van der Waals surface area (Å²) >= 11 is 0. The molecular formula is C22H30N6. The minimum atomic E-state index is 0.777. The molecule has 0 bridgehead atoms. The van der Waals surface area contributed by atoms with Gasteiger partial charge in [0.2, 0.25) is 0 Å². The highest BCUT2D eigenvalue weighted by molar-refractivity contribution is 5.93. The van der Waals surface area contributed by atoms with Crippen molar-refractivity contribution < 1.29 is 0 Å². The zero-order chi connectivity index (χ0) is 19.7. The van der Waals surface area contributed by atoms with Crippen LogP contribution in [0.15, 0.2) is 18.3 Å². The molecule has 3 aromatic rings. The van der Waals surface area contributed by atoms with Crippen LogP contribution >= 0.6 is 0 Å². The van der Waals surface area contributed by atoms with Crippen molar-refractivity contribution in [3.63, 3.8) is 0 Å². The van der Waals surface area contributed by atoms with Crippen LogP contribution in [0.4, 0.5) is 5.69 Å². The Balaban J connectivity index is 1.62. The van der Waals surface area contributed by atoms with Crippen molar-refractivity contribution in [2.45, 2.75) is 59.5 Å². The first-order valence-electron chi connectivity index (χ1n) is 10.3. The number of aryl methyl sites for hydroxylation is 4. The first-order valence-corrected chi connectivity index (χ1v) is 10.3. The Bertz CT molecular complexity index is 990. The number of aromatic nitrogens is 4. The molecule has 2 N–H and O–H groups in total. The third-order valence-electron chi connectivity index (χ3n) is 5.77. The standard InChI is InChI=1S/C22H30N6/c1-15-13-21(18-7-10-24-17(3)22(18)25-15)27-12-8-20-19(14-27)16(2)26-28(20)11-6-4-5-9-23/h7,10,13H,4-6,8-9,11-12,14,23H2,1-3H3. The van der Waals surface area contributed by atoms with Crippen molar-refractivity contribution >= 4 is 16.6 Å². The second-order valence-corrected chi connectivity index (χ2v) is 7.83. The second-order valence-electron chi connectivity index (χ2n) is 7.83. The van der Waals surface area contributed by atoms with E-state index in [1.54, 1.807) is 0 Å². The van der Waals surface area contributed by atoms with E-state index in [0.717, 1.165) is 68.0 Å². The van der Waals surface area contributed by atoms with E-state index in [-0.39, 0.29) is 0 Å².